The van der Waals surface area contributed by atoms with Gasteiger partial charge in [-0.05, 0) is 19.1 Å². The van der Waals surface area contributed by atoms with E-state index in [-0.39, 0.29) is 29.0 Å². The van der Waals surface area contributed by atoms with Crippen LogP contribution in [0.3, 0.4) is 0 Å². The van der Waals surface area contributed by atoms with Crippen molar-refractivity contribution in [3.05, 3.63) is 58.0 Å². The van der Waals surface area contributed by atoms with Gasteiger partial charge in [0.05, 0.1) is 6.04 Å². The normalized spacial score (nSPS) is 11.9. The highest BCUT2D eigenvalue weighted by molar-refractivity contribution is 5.92. The molecular weight excluding hydrogens is 258 g/mol. The van der Waals surface area contributed by atoms with Gasteiger partial charge in [0.25, 0.3) is 11.5 Å². The Labute approximate surface area is 115 Å². The van der Waals surface area contributed by atoms with E-state index in [1.54, 1.807) is 38.2 Å². The zero-order valence-corrected chi connectivity index (χ0v) is 11.2. The molecular formula is C14H15N3O3. The number of hydrogen-bond donors (Lipinski definition) is 2. The van der Waals surface area contributed by atoms with Gasteiger partial charge in [-0.25, -0.2) is 5.10 Å². The Kier molecular flexibility index (Phi) is 3.84. The second kappa shape index (κ2) is 5.56. The molecule has 6 heteroatoms. The number of phenols is 1. The van der Waals surface area contributed by atoms with Gasteiger partial charge in [0.15, 0.2) is 0 Å². The number of para-hydroxylation sites is 1. The molecule has 2 aromatic rings. The smallest absolute Gasteiger partial charge is 0.274 e. The Morgan fingerprint density at radius 3 is 2.60 bits per heavy atom. The minimum atomic E-state index is -0.363. The Balaban J connectivity index is 2.24. The molecule has 1 heterocycles. The molecule has 2 N–H and O–H groups in total. The second-order valence-corrected chi connectivity index (χ2v) is 4.46. The summed E-state index contributed by atoms with van der Waals surface area (Å²) in [6.07, 6.45) is 0. The molecule has 20 heavy (non-hydrogen) atoms. The topological polar surface area (TPSA) is 86.3 Å². The standard InChI is InChI=1S/C14H15N3O3/c1-9(10-5-3-4-6-12(10)18)17(2)14(20)11-7-8-13(19)16-15-11/h3-9,18H,1-2H3,(H,16,19). The maximum absolute atomic E-state index is 12.2. The fourth-order valence-electron chi connectivity index (χ4n) is 1.87. The Morgan fingerprint density at radius 1 is 1.30 bits per heavy atom. The molecule has 1 atom stereocenters. The van der Waals surface area contributed by atoms with Gasteiger partial charge in [0.2, 0.25) is 0 Å². The quantitative estimate of drug-likeness (QED) is 0.882. The molecule has 0 spiro atoms. The van der Waals surface area contributed by atoms with Crippen molar-refractivity contribution in [2.75, 3.05) is 7.05 Å². The number of aromatic nitrogens is 2. The molecule has 0 saturated heterocycles. The van der Waals surface area contributed by atoms with Gasteiger partial charge in [0.1, 0.15) is 11.4 Å². The zero-order valence-electron chi connectivity index (χ0n) is 11.2. The summed E-state index contributed by atoms with van der Waals surface area (Å²) in [5.41, 5.74) is 0.431. The number of hydrogen-bond acceptors (Lipinski definition) is 4. The molecule has 0 aliphatic heterocycles. The Morgan fingerprint density at radius 2 is 2.00 bits per heavy atom. The summed E-state index contributed by atoms with van der Waals surface area (Å²) >= 11 is 0. The summed E-state index contributed by atoms with van der Waals surface area (Å²) in [7, 11) is 1.62. The fourth-order valence-corrected chi connectivity index (χ4v) is 1.87. The van der Waals surface area contributed by atoms with E-state index in [0.717, 1.165) is 0 Å². The van der Waals surface area contributed by atoms with E-state index in [1.165, 1.54) is 17.0 Å². The van der Waals surface area contributed by atoms with E-state index < -0.39 is 0 Å². The molecule has 104 valence electrons. The predicted molar refractivity (Wildman–Crippen MR) is 73.5 cm³/mol. The molecule has 0 saturated carbocycles. The first-order chi connectivity index (χ1) is 9.50. The van der Waals surface area contributed by atoms with Crippen molar-refractivity contribution in [1.29, 1.82) is 0 Å². The van der Waals surface area contributed by atoms with Crippen LogP contribution in [0.4, 0.5) is 0 Å². The maximum atomic E-state index is 12.2. The Hall–Kier alpha value is -2.63. The van der Waals surface area contributed by atoms with E-state index in [0.29, 0.717) is 5.56 Å². The van der Waals surface area contributed by atoms with Gasteiger partial charge in [0, 0.05) is 18.7 Å². The summed E-state index contributed by atoms with van der Waals surface area (Å²) < 4.78 is 0. The monoisotopic (exact) mass is 273 g/mol. The number of phenolic OH excluding ortho intramolecular Hbond substituents is 1. The third kappa shape index (κ3) is 2.69. The number of rotatable bonds is 3. The highest BCUT2D eigenvalue weighted by Gasteiger charge is 2.21. The summed E-state index contributed by atoms with van der Waals surface area (Å²) in [6.45, 7) is 1.80. The van der Waals surface area contributed by atoms with Gasteiger partial charge in [-0.3, -0.25) is 9.59 Å². The number of H-pyrrole nitrogens is 1. The molecule has 1 aromatic heterocycles. The van der Waals surface area contributed by atoms with Crippen LogP contribution < -0.4 is 5.56 Å². The van der Waals surface area contributed by atoms with Crippen molar-refractivity contribution in [2.24, 2.45) is 0 Å². The van der Waals surface area contributed by atoms with Crippen molar-refractivity contribution in [3.8, 4) is 5.75 Å². The molecule has 6 nitrogen and oxygen atoms in total. The minimum absolute atomic E-state index is 0.133. The fraction of sp³-hybridized carbons (Fsp3) is 0.214. The number of carbonyl (C=O) groups excluding carboxylic acids is 1. The molecule has 1 amide bonds. The lowest BCUT2D eigenvalue weighted by Crippen LogP contribution is -2.31. The van der Waals surface area contributed by atoms with E-state index in [1.807, 2.05) is 0 Å². The minimum Gasteiger partial charge on any atom is -0.508 e. The molecule has 2 rings (SSSR count). The molecule has 0 bridgehead atoms. The third-order valence-corrected chi connectivity index (χ3v) is 3.19. The van der Waals surface area contributed by atoms with Crippen molar-refractivity contribution < 1.29 is 9.90 Å². The van der Waals surface area contributed by atoms with Crippen LogP contribution in [-0.4, -0.2) is 33.2 Å². The first-order valence-corrected chi connectivity index (χ1v) is 6.11. The van der Waals surface area contributed by atoms with Crippen LogP contribution in [0.25, 0.3) is 0 Å². The number of nitrogens with zero attached hydrogens (tertiary/aromatic N) is 2. The summed E-state index contributed by atoms with van der Waals surface area (Å²) in [6, 6.07) is 9.14. The van der Waals surface area contributed by atoms with E-state index in [4.69, 9.17) is 0 Å². The molecule has 0 aliphatic rings. The van der Waals surface area contributed by atoms with E-state index in [2.05, 4.69) is 10.2 Å². The maximum Gasteiger partial charge on any atom is 0.274 e. The van der Waals surface area contributed by atoms with Crippen molar-refractivity contribution in [1.82, 2.24) is 15.1 Å². The van der Waals surface area contributed by atoms with Gasteiger partial charge in [-0.15, -0.1) is 0 Å². The molecule has 0 aliphatic carbocycles. The number of nitrogens with one attached hydrogen (secondary N) is 1. The van der Waals surface area contributed by atoms with Gasteiger partial charge < -0.3 is 10.0 Å². The molecule has 1 unspecified atom stereocenters. The van der Waals surface area contributed by atoms with Gasteiger partial charge in [-0.2, -0.15) is 5.10 Å². The van der Waals surface area contributed by atoms with Crippen molar-refractivity contribution in [3.63, 3.8) is 0 Å². The number of benzene rings is 1. The summed E-state index contributed by atoms with van der Waals surface area (Å²) in [4.78, 5) is 24.6. The number of amides is 1. The van der Waals surface area contributed by atoms with Crippen LogP contribution in [-0.2, 0) is 0 Å². The van der Waals surface area contributed by atoms with Crippen LogP contribution >= 0.6 is 0 Å². The lowest BCUT2D eigenvalue weighted by molar-refractivity contribution is 0.0734. The lowest BCUT2D eigenvalue weighted by atomic mass is 10.1. The molecule has 0 fully saturated rings. The van der Waals surface area contributed by atoms with E-state index >= 15 is 0 Å². The van der Waals surface area contributed by atoms with Gasteiger partial charge >= 0.3 is 0 Å². The Bertz CT molecular complexity index is 661. The first-order valence-electron chi connectivity index (χ1n) is 6.11. The molecule has 1 aromatic carbocycles. The summed E-state index contributed by atoms with van der Waals surface area (Å²) in [5.74, 6) is -0.203. The largest absolute Gasteiger partial charge is 0.508 e. The number of carbonyl (C=O) groups is 1. The average molecular weight is 273 g/mol. The van der Waals surface area contributed by atoms with Crippen LogP contribution in [0.15, 0.2) is 41.2 Å². The predicted octanol–water partition coefficient (Wildman–Crippen LogP) is 1.31. The average Bonchev–Trinajstić information content (AvgIpc) is 2.46. The first kappa shape index (κ1) is 13.8. The van der Waals surface area contributed by atoms with Crippen LogP contribution in [0.1, 0.15) is 29.0 Å². The SMILES string of the molecule is CC(c1ccccc1O)N(C)C(=O)c1ccc(=O)[nH]n1. The molecule has 0 radical (unpaired) electrons. The number of aromatic amines is 1. The summed E-state index contributed by atoms with van der Waals surface area (Å²) in [5, 5.41) is 15.7. The number of aromatic hydroxyl groups is 1. The highest BCUT2D eigenvalue weighted by Crippen LogP contribution is 2.27. The lowest BCUT2D eigenvalue weighted by Gasteiger charge is -2.25. The van der Waals surface area contributed by atoms with E-state index in [9.17, 15) is 14.7 Å². The third-order valence-electron chi connectivity index (χ3n) is 3.19. The second-order valence-electron chi connectivity index (χ2n) is 4.46. The zero-order chi connectivity index (χ0) is 14.7. The highest BCUT2D eigenvalue weighted by atomic mass is 16.3. The van der Waals surface area contributed by atoms with Crippen LogP contribution in [0, 0.1) is 0 Å². The van der Waals surface area contributed by atoms with Crippen LogP contribution in [0.5, 0.6) is 5.75 Å². The van der Waals surface area contributed by atoms with Crippen molar-refractivity contribution >= 4 is 5.91 Å². The van der Waals surface area contributed by atoms with Crippen LogP contribution in [0.2, 0.25) is 0 Å². The van der Waals surface area contributed by atoms with Crippen molar-refractivity contribution in [2.45, 2.75) is 13.0 Å². The van der Waals surface area contributed by atoms with Gasteiger partial charge in [-0.1, -0.05) is 18.2 Å².